The van der Waals surface area contributed by atoms with E-state index in [-0.39, 0.29) is 0 Å². The highest BCUT2D eigenvalue weighted by molar-refractivity contribution is 6.30. The molecule has 0 unspecified atom stereocenters. The van der Waals surface area contributed by atoms with Gasteiger partial charge in [0.2, 0.25) is 0 Å². The van der Waals surface area contributed by atoms with E-state index in [1.54, 1.807) is 0 Å². The SMILES string of the molecule is Cc1c(Cl)[nH]c(C=O)c1C. The number of hydrogen-bond acceptors (Lipinski definition) is 1. The van der Waals surface area contributed by atoms with Gasteiger partial charge in [-0.25, -0.2) is 0 Å². The molecular formula is C7H8ClNO. The molecule has 0 spiro atoms. The fourth-order valence-corrected chi connectivity index (χ4v) is 1.03. The Morgan fingerprint density at radius 3 is 2.20 bits per heavy atom. The molecule has 10 heavy (non-hydrogen) atoms. The van der Waals surface area contributed by atoms with E-state index in [4.69, 9.17) is 11.6 Å². The Hall–Kier alpha value is -0.760. The number of aromatic nitrogens is 1. The first kappa shape index (κ1) is 7.35. The lowest BCUT2D eigenvalue weighted by Crippen LogP contribution is -1.81. The Morgan fingerprint density at radius 2 is 2.00 bits per heavy atom. The van der Waals surface area contributed by atoms with Crippen LogP contribution in [0, 0.1) is 13.8 Å². The van der Waals surface area contributed by atoms with Crippen molar-refractivity contribution in [2.24, 2.45) is 0 Å². The molecule has 0 aliphatic carbocycles. The predicted molar refractivity (Wildman–Crippen MR) is 40.7 cm³/mol. The molecule has 3 heteroatoms. The fraction of sp³-hybridized carbons (Fsp3) is 0.286. The molecule has 1 heterocycles. The molecule has 1 rings (SSSR count). The largest absolute Gasteiger partial charge is 0.343 e. The topological polar surface area (TPSA) is 32.9 Å². The van der Waals surface area contributed by atoms with Crippen molar-refractivity contribution in [2.75, 3.05) is 0 Å². The smallest absolute Gasteiger partial charge is 0.166 e. The van der Waals surface area contributed by atoms with E-state index in [1.807, 2.05) is 13.8 Å². The van der Waals surface area contributed by atoms with E-state index in [2.05, 4.69) is 4.98 Å². The third kappa shape index (κ3) is 0.948. The van der Waals surface area contributed by atoms with Crippen LogP contribution in [0.1, 0.15) is 21.6 Å². The van der Waals surface area contributed by atoms with Crippen molar-refractivity contribution in [3.05, 3.63) is 22.0 Å². The van der Waals surface area contributed by atoms with Crippen molar-refractivity contribution in [3.63, 3.8) is 0 Å². The van der Waals surface area contributed by atoms with Crippen LogP contribution >= 0.6 is 11.6 Å². The van der Waals surface area contributed by atoms with Crippen LogP contribution < -0.4 is 0 Å². The second kappa shape index (κ2) is 2.46. The number of aldehydes is 1. The Balaban J connectivity index is 3.30. The number of hydrogen-bond donors (Lipinski definition) is 1. The molecule has 1 aromatic heterocycles. The van der Waals surface area contributed by atoms with Crippen molar-refractivity contribution in [1.82, 2.24) is 4.98 Å². The third-order valence-electron chi connectivity index (χ3n) is 1.66. The minimum atomic E-state index is 0.555. The number of nitrogens with one attached hydrogen (secondary N) is 1. The second-order valence-electron chi connectivity index (χ2n) is 2.22. The van der Waals surface area contributed by atoms with Crippen molar-refractivity contribution in [3.8, 4) is 0 Å². The number of carbonyl (C=O) groups is 1. The van der Waals surface area contributed by atoms with Gasteiger partial charge in [0.1, 0.15) is 5.15 Å². The molecule has 2 nitrogen and oxygen atoms in total. The highest BCUT2D eigenvalue weighted by atomic mass is 35.5. The van der Waals surface area contributed by atoms with Crippen LogP contribution in [0.15, 0.2) is 0 Å². The van der Waals surface area contributed by atoms with Crippen molar-refractivity contribution in [2.45, 2.75) is 13.8 Å². The molecule has 0 atom stereocenters. The van der Waals surface area contributed by atoms with Crippen LogP contribution in [-0.4, -0.2) is 11.3 Å². The van der Waals surface area contributed by atoms with E-state index in [0.717, 1.165) is 17.4 Å². The van der Waals surface area contributed by atoms with E-state index in [1.165, 1.54) is 0 Å². The molecule has 0 fully saturated rings. The molecule has 1 N–H and O–H groups in total. The first-order valence-electron chi connectivity index (χ1n) is 2.96. The van der Waals surface area contributed by atoms with E-state index >= 15 is 0 Å². The molecule has 0 bridgehead atoms. The maximum atomic E-state index is 10.3. The lowest BCUT2D eigenvalue weighted by atomic mass is 10.2. The van der Waals surface area contributed by atoms with Crippen LogP contribution in [-0.2, 0) is 0 Å². The van der Waals surface area contributed by atoms with Gasteiger partial charge >= 0.3 is 0 Å². The number of carbonyl (C=O) groups excluding carboxylic acids is 1. The summed E-state index contributed by atoms with van der Waals surface area (Å²) in [5.41, 5.74) is 2.45. The summed E-state index contributed by atoms with van der Waals surface area (Å²) < 4.78 is 0. The van der Waals surface area contributed by atoms with Gasteiger partial charge in [0, 0.05) is 0 Å². The Labute approximate surface area is 64.2 Å². The molecule has 0 aliphatic rings. The summed E-state index contributed by atoms with van der Waals surface area (Å²) in [5, 5.41) is 0.555. The molecular weight excluding hydrogens is 150 g/mol. The fourth-order valence-electron chi connectivity index (χ4n) is 0.790. The number of H-pyrrole nitrogens is 1. The van der Waals surface area contributed by atoms with Crippen molar-refractivity contribution >= 4 is 17.9 Å². The van der Waals surface area contributed by atoms with Gasteiger partial charge in [0.15, 0.2) is 6.29 Å². The number of halogens is 1. The number of rotatable bonds is 1. The standard InChI is InChI=1S/C7H8ClNO/c1-4-5(2)7(8)9-6(4)3-10/h3,9H,1-2H3. The van der Waals surface area contributed by atoms with Gasteiger partial charge in [0.05, 0.1) is 5.69 Å². The van der Waals surface area contributed by atoms with Crippen LogP contribution in [0.25, 0.3) is 0 Å². The molecule has 54 valence electrons. The Kier molecular flexibility index (Phi) is 1.81. The van der Waals surface area contributed by atoms with Gasteiger partial charge in [-0.3, -0.25) is 4.79 Å². The van der Waals surface area contributed by atoms with Crippen LogP contribution in [0.4, 0.5) is 0 Å². The van der Waals surface area contributed by atoms with Gasteiger partial charge in [-0.1, -0.05) is 11.6 Å². The summed E-state index contributed by atoms with van der Waals surface area (Å²) in [6.07, 6.45) is 0.772. The van der Waals surface area contributed by atoms with Crippen molar-refractivity contribution < 1.29 is 4.79 Å². The molecule has 1 aromatic rings. The predicted octanol–water partition coefficient (Wildman–Crippen LogP) is 2.10. The first-order valence-corrected chi connectivity index (χ1v) is 3.34. The molecule has 0 aromatic carbocycles. The molecule has 0 aliphatic heterocycles. The van der Waals surface area contributed by atoms with Crippen LogP contribution in [0.5, 0.6) is 0 Å². The van der Waals surface area contributed by atoms with Gasteiger partial charge in [0.25, 0.3) is 0 Å². The summed E-state index contributed by atoms with van der Waals surface area (Å²) in [6.45, 7) is 3.74. The van der Waals surface area contributed by atoms with E-state index < -0.39 is 0 Å². The molecule has 0 amide bonds. The summed E-state index contributed by atoms with van der Waals surface area (Å²) >= 11 is 5.70. The lowest BCUT2D eigenvalue weighted by Gasteiger charge is -1.86. The third-order valence-corrected chi connectivity index (χ3v) is 2.04. The zero-order valence-corrected chi connectivity index (χ0v) is 6.62. The Bertz CT molecular complexity index is 265. The lowest BCUT2D eigenvalue weighted by molar-refractivity contribution is 0.111. The zero-order chi connectivity index (χ0) is 7.72. The summed E-state index contributed by atoms with van der Waals surface area (Å²) in [6, 6.07) is 0. The van der Waals surface area contributed by atoms with Gasteiger partial charge < -0.3 is 4.98 Å². The van der Waals surface area contributed by atoms with E-state index in [0.29, 0.717) is 10.8 Å². The number of aromatic amines is 1. The normalized spacial score (nSPS) is 9.90. The van der Waals surface area contributed by atoms with E-state index in [9.17, 15) is 4.79 Å². The Morgan fingerprint density at radius 1 is 1.40 bits per heavy atom. The van der Waals surface area contributed by atoms with Crippen LogP contribution in [0.2, 0.25) is 5.15 Å². The zero-order valence-electron chi connectivity index (χ0n) is 5.86. The van der Waals surface area contributed by atoms with Gasteiger partial charge in [-0.05, 0) is 25.0 Å². The summed E-state index contributed by atoms with van der Waals surface area (Å²) in [7, 11) is 0. The van der Waals surface area contributed by atoms with Gasteiger partial charge in [-0.15, -0.1) is 0 Å². The quantitative estimate of drug-likeness (QED) is 0.623. The summed E-state index contributed by atoms with van der Waals surface area (Å²) in [4.78, 5) is 13.1. The summed E-state index contributed by atoms with van der Waals surface area (Å²) in [5.74, 6) is 0. The monoisotopic (exact) mass is 157 g/mol. The average Bonchev–Trinajstić information content (AvgIpc) is 2.17. The second-order valence-corrected chi connectivity index (χ2v) is 2.60. The molecule has 0 saturated heterocycles. The highest BCUT2D eigenvalue weighted by Gasteiger charge is 2.06. The average molecular weight is 158 g/mol. The highest BCUT2D eigenvalue weighted by Crippen LogP contribution is 2.19. The maximum Gasteiger partial charge on any atom is 0.166 e. The minimum absolute atomic E-state index is 0.555. The van der Waals surface area contributed by atoms with Crippen molar-refractivity contribution in [1.29, 1.82) is 0 Å². The maximum absolute atomic E-state index is 10.3. The van der Waals surface area contributed by atoms with Gasteiger partial charge in [-0.2, -0.15) is 0 Å². The molecule has 0 saturated carbocycles. The van der Waals surface area contributed by atoms with Crippen LogP contribution in [0.3, 0.4) is 0 Å². The first-order chi connectivity index (χ1) is 4.66. The molecule has 0 radical (unpaired) electrons. The minimum Gasteiger partial charge on any atom is -0.343 e.